The molecule has 0 N–H and O–H groups in total. The summed E-state index contributed by atoms with van der Waals surface area (Å²) in [5.41, 5.74) is 2.78. The molecule has 0 aliphatic carbocycles. The Hall–Kier alpha value is 9.57. The summed E-state index contributed by atoms with van der Waals surface area (Å²) in [7, 11) is 85.4. The fourth-order valence-electron chi connectivity index (χ4n) is 3.75. The van der Waals surface area contributed by atoms with E-state index in [4.69, 9.17) is 36.7 Å². The number of aromatic nitrogens is 1. The topological polar surface area (TPSA) is 31.4 Å². The van der Waals surface area contributed by atoms with Crippen molar-refractivity contribution in [3.63, 3.8) is 0 Å². The van der Waals surface area contributed by atoms with E-state index in [2.05, 4.69) is 65.8 Å². The van der Waals surface area contributed by atoms with Gasteiger partial charge in [-0.3, -0.25) is 0 Å². The van der Waals surface area contributed by atoms with Gasteiger partial charge in [0.05, 0.1) is 26.4 Å². The van der Waals surface area contributed by atoms with Crippen molar-refractivity contribution >= 4 is 494 Å². The van der Waals surface area contributed by atoms with E-state index in [0.29, 0.717) is 0 Å². The van der Waals surface area contributed by atoms with Gasteiger partial charge in [-0.05, 0) is 64.0 Å². The fraction of sp³-hybridized carbons (Fsp3) is 0.450. The van der Waals surface area contributed by atoms with Crippen molar-refractivity contribution in [3.05, 3.63) is 34.8 Å². The van der Waals surface area contributed by atoms with Gasteiger partial charge in [0.1, 0.15) is 0 Å². The number of hydrogen-bond donors (Lipinski definition) is 0. The summed E-state index contributed by atoms with van der Waals surface area (Å²) in [4.78, 5) is 4.71. The second kappa shape index (κ2) is 55.2. The van der Waals surface area contributed by atoms with Gasteiger partial charge in [-0.1, -0.05) is 25.6 Å². The maximum Gasteiger partial charge on any atom is 0.494 e. The van der Waals surface area contributed by atoms with Crippen LogP contribution in [0.1, 0.15) is 45.7 Å². The average Bonchev–Trinajstić information content (AvgIpc) is 3.87. The zero-order valence-corrected chi connectivity index (χ0v) is 77.1. The Morgan fingerprint density at radius 3 is 0.893 bits per heavy atom. The number of nitrogens with zero attached hydrogens (tertiary/aromatic N) is 1. The first-order valence-electron chi connectivity index (χ1n) is 16.5. The molecule has 1 saturated heterocycles. The van der Waals surface area contributed by atoms with E-state index >= 15 is 0 Å². The van der Waals surface area contributed by atoms with Crippen LogP contribution in [0.25, 0.3) is 21.0 Å². The van der Waals surface area contributed by atoms with Crippen LogP contribution in [0.5, 0.6) is 0 Å². The van der Waals surface area contributed by atoms with Gasteiger partial charge >= 0.3 is 7.12 Å². The molecule has 2 heterocycles. The lowest BCUT2D eigenvalue weighted by molar-refractivity contribution is 0.00578. The lowest BCUT2D eigenvalue weighted by Gasteiger charge is -2.32. The van der Waals surface area contributed by atoms with E-state index in [0.717, 1.165) is 16.0 Å². The van der Waals surface area contributed by atoms with Gasteiger partial charge in [-0.2, -0.15) is 0 Å². The highest BCUT2D eigenvalue weighted by molar-refractivity contribution is 8.82. The molecule has 75 heavy (non-hydrogen) atoms. The molecule has 4 rings (SSSR count). The number of rotatable bonds is 1. The molecule has 0 spiro atoms. The van der Waals surface area contributed by atoms with Gasteiger partial charge in [0.2, 0.25) is 0 Å². The molecule has 0 radical (unpaired) electrons. The van der Waals surface area contributed by atoms with E-state index in [1.54, 1.807) is 118 Å². The Morgan fingerprint density at radius 2 is 0.640 bits per heavy atom. The van der Waals surface area contributed by atoms with Crippen molar-refractivity contribution in [2.75, 3.05) is 0 Å². The van der Waals surface area contributed by atoms with Crippen molar-refractivity contribution in [3.8, 4) is 0 Å². The van der Waals surface area contributed by atoms with Crippen molar-refractivity contribution in [2.24, 2.45) is 0 Å². The van der Waals surface area contributed by atoms with Crippen LogP contribution in [0.2, 0.25) is 0 Å². The van der Waals surface area contributed by atoms with E-state index in [-0.39, 0.29) is 25.7 Å². The second-order valence-electron chi connectivity index (χ2n) is 10.9. The molecule has 0 amide bonds. The van der Waals surface area contributed by atoms with E-state index in [9.17, 15) is 0 Å². The molecule has 0 saturated carbocycles. The highest BCUT2D eigenvalue weighted by atomic mass is 33.5. The molecule has 1 fully saturated rings. The largest absolute Gasteiger partial charge is 0.494 e. The number of hydrogen-bond acceptors (Lipinski definition) is 6. The summed E-state index contributed by atoms with van der Waals surface area (Å²) < 4.78 is 13.6. The fourth-order valence-corrected chi connectivity index (χ4v) is 131. The average molecular weight is 1960 g/mol. The molecule has 2 aromatic carbocycles. The normalized spacial score (nSPS) is 11.4. The number of benzene rings is 2. The minimum atomic E-state index is -0.327. The molecule has 3 aromatic rings. The third-order valence-corrected chi connectivity index (χ3v) is 112. The Kier molecular flexibility index (Phi) is 59.4. The molecule has 0 atom stereocenters. The van der Waals surface area contributed by atoms with Gasteiger partial charge < -0.3 is 9.31 Å². The summed E-state index contributed by atoms with van der Waals surface area (Å²) >= 11 is 11.4. The maximum absolute atomic E-state index is 6.19. The molecule has 1 aliphatic rings. The van der Waals surface area contributed by atoms with Crippen LogP contribution in [-0.4, -0.2) is 23.3 Å². The lowest BCUT2D eigenvalue weighted by Crippen LogP contribution is -2.41. The van der Waals surface area contributed by atoms with Gasteiger partial charge in [0, 0.05) is 454 Å². The molecular weight excluding hydrogens is 1930 g/mol. The molecule has 55 heteroatoms. The zero-order valence-electron chi connectivity index (χ0n) is 35.5. The van der Waals surface area contributed by atoms with Crippen LogP contribution in [0.4, 0.5) is 0 Å². The number of aryl methyl sites for hydroxylation is 2. The van der Waals surface area contributed by atoms with Gasteiger partial charge in [0.25, 0.3) is 0 Å². The SMILES string of the molecule is C.Cc1nc2c(cc(C)c3cc(B4OC(C)(C)C(C)(C)O4)ccc32)s1.S=S=S=S=S=S=S=S=S=S=S=S=S=S=S=S=S=S=S=S=S=S=S=S=S=S=S=S=S=S=S=S=S=S=S=S=S=S=S=S=S=S=S=S=S=S=S=S=S=S. The molecule has 0 unspecified atom stereocenters. The molecule has 432 valence electrons. The summed E-state index contributed by atoms with van der Waals surface area (Å²) in [5.74, 6) is 0. The molecule has 1 aliphatic heterocycles. The first-order valence-corrected chi connectivity index (χ1v) is 82.7. The van der Waals surface area contributed by atoms with E-state index < -0.39 is 0 Å². The van der Waals surface area contributed by atoms with Crippen molar-refractivity contribution < 1.29 is 9.31 Å². The smallest absolute Gasteiger partial charge is 0.399 e. The molecule has 3 nitrogen and oxygen atoms in total. The van der Waals surface area contributed by atoms with Crippen molar-refractivity contribution in [1.82, 2.24) is 4.98 Å². The summed E-state index contributed by atoms with van der Waals surface area (Å²) in [5, 5.41) is 3.53. The predicted octanol–water partition coefficient (Wildman–Crippen LogP) is 4.88. The summed E-state index contributed by atoms with van der Waals surface area (Å²) in [6.07, 6.45) is 0. The van der Waals surface area contributed by atoms with Crippen LogP contribution >= 0.6 is 11.3 Å². The molecule has 1 aromatic heterocycles. The first kappa shape index (κ1) is 80.7. The maximum atomic E-state index is 6.19. The minimum absolute atomic E-state index is 0. The van der Waals surface area contributed by atoms with Crippen LogP contribution < -0.4 is 5.46 Å². The van der Waals surface area contributed by atoms with Crippen LogP contribution in [0.3, 0.4) is 0 Å². The van der Waals surface area contributed by atoms with Crippen molar-refractivity contribution in [1.29, 1.82) is 0 Å². The third kappa shape index (κ3) is 40.9. The molecular formula is C20H26BNO2S51. The van der Waals surface area contributed by atoms with Crippen LogP contribution in [0, 0.1) is 13.8 Å². The van der Waals surface area contributed by atoms with Crippen molar-refractivity contribution in [2.45, 2.75) is 60.2 Å². The highest BCUT2D eigenvalue weighted by Crippen LogP contribution is 2.37. The monoisotopic (exact) mass is 1950 g/mol. The first-order chi connectivity index (χ1) is 36.1. The lowest BCUT2D eigenvalue weighted by atomic mass is 9.78. The third-order valence-electron chi connectivity index (χ3n) is 6.66. The Balaban J connectivity index is 0.000000631. The zero-order chi connectivity index (χ0) is 53.2. The van der Waals surface area contributed by atoms with E-state index in [1.165, 1.54) is 38.8 Å². The Morgan fingerprint density at radius 1 is 0.387 bits per heavy atom. The Bertz CT molecular complexity index is 4710. The number of thiazole rings is 1. The Labute approximate surface area is 588 Å². The summed E-state index contributed by atoms with van der Waals surface area (Å²) in [6.45, 7) is 12.6. The summed E-state index contributed by atoms with van der Waals surface area (Å²) in [6, 6.07) is 8.69. The minimum Gasteiger partial charge on any atom is -0.399 e. The quantitative estimate of drug-likeness (QED) is 0.325. The second-order valence-corrected chi connectivity index (χ2v) is 97.1. The van der Waals surface area contributed by atoms with Gasteiger partial charge in [0.15, 0.2) is 0 Å². The number of fused-ring (bicyclic) bond motifs is 3. The van der Waals surface area contributed by atoms with Gasteiger partial charge in [-0.15, -0.1) is 11.3 Å². The standard InChI is InChI=1S/C19H22BNO2S.CH4.S50/c1-11-9-16-17(21-12(2)24-16)14-8-7-13(10-15(11)14)20-22-18(3,4)19(5,6)23-20;;1-3-5-7-9-11-13-15-17-19-21-23-25-27-29-31-33-35-37-39-41-43-45-47-49-50-48-46-44-42-40-38-36-34-32-30-28-26-24-22-20-18-16-14-12-10-8-6-4-2/h7-10H,1-6H3;1H4;. The van der Waals surface area contributed by atoms with E-state index in [1.807, 2.05) is 302 Å². The molecule has 0 bridgehead atoms. The predicted molar refractivity (Wildman–Crippen MR) is 477 cm³/mol. The highest BCUT2D eigenvalue weighted by Gasteiger charge is 2.51. The van der Waals surface area contributed by atoms with Crippen LogP contribution in [-0.2, 0) is 458 Å². The van der Waals surface area contributed by atoms with Crippen LogP contribution in [0.15, 0.2) is 24.3 Å². The van der Waals surface area contributed by atoms with Gasteiger partial charge in [-0.25, -0.2) is 4.98 Å².